The summed E-state index contributed by atoms with van der Waals surface area (Å²) in [5.74, 6) is -1.71. The van der Waals surface area contributed by atoms with Gasteiger partial charge in [-0.25, -0.2) is 8.78 Å². The van der Waals surface area contributed by atoms with Crippen molar-refractivity contribution in [3.05, 3.63) is 89.3 Å². The molecule has 2 aromatic carbocycles. The second-order valence-corrected chi connectivity index (χ2v) is 8.35. The summed E-state index contributed by atoms with van der Waals surface area (Å²) >= 11 is 0. The summed E-state index contributed by atoms with van der Waals surface area (Å²) in [6, 6.07) is 11.6. The molecule has 2 aromatic heterocycles. The van der Waals surface area contributed by atoms with Crippen LogP contribution in [0.2, 0.25) is 0 Å². The highest BCUT2D eigenvalue weighted by Crippen LogP contribution is 2.32. The molecule has 0 aliphatic carbocycles. The first-order valence-corrected chi connectivity index (χ1v) is 10.9. The molecule has 182 valence electrons. The van der Waals surface area contributed by atoms with Gasteiger partial charge in [-0.3, -0.25) is 4.79 Å². The van der Waals surface area contributed by atoms with Gasteiger partial charge in [-0.2, -0.15) is 13.2 Å². The molecule has 1 aliphatic heterocycles. The number of piperazine rings is 1. The van der Waals surface area contributed by atoms with Gasteiger partial charge < -0.3 is 18.8 Å². The van der Waals surface area contributed by atoms with Gasteiger partial charge in [0.05, 0.1) is 23.9 Å². The number of furan rings is 1. The summed E-state index contributed by atoms with van der Waals surface area (Å²) in [6.45, 7) is 1.31. The van der Waals surface area contributed by atoms with Crippen LogP contribution in [0.25, 0.3) is 11.1 Å². The summed E-state index contributed by atoms with van der Waals surface area (Å²) in [5, 5.41) is 0. The van der Waals surface area contributed by atoms with Crippen molar-refractivity contribution in [1.82, 2.24) is 9.47 Å². The molecular weight excluding hydrogens is 469 g/mol. The van der Waals surface area contributed by atoms with Gasteiger partial charge in [-0.15, -0.1) is 0 Å². The molecule has 5 nitrogen and oxygen atoms in total. The van der Waals surface area contributed by atoms with Crippen LogP contribution in [-0.4, -0.2) is 41.6 Å². The van der Waals surface area contributed by atoms with E-state index in [0.717, 1.165) is 24.3 Å². The van der Waals surface area contributed by atoms with Crippen molar-refractivity contribution < 1.29 is 31.2 Å². The zero-order valence-corrected chi connectivity index (χ0v) is 18.4. The van der Waals surface area contributed by atoms with E-state index in [1.165, 1.54) is 18.4 Å². The van der Waals surface area contributed by atoms with Gasteiger partial charge in [0.1, 0.15) is 17.3 Å². The Kier molecular flexibility index (Phi) is 5.74. The highest BCUT2D eigenvalue weighted by Gasteiger charge is 2.32. The first-order valence-electron chi connectivity index (χ1n) is 10.9. The third kappa shape index (κ3) is 4.48. The Labute approximate surface area is 196 Å². The van der Waals surface area contributed by atoms with Crippen LogP contribution in [0.15, 0.2) is 65.3 Å². The smallest absolute Gasteiger partial charge is 0.416 e. The van der Waals surface area contributed by atoms with Crippen LogP contribution in [0, 0.1) is 11.6 Å². The maximum Gasteiger partial charge on any atom is 0.416 e. The molecule has 0 N–H and O–H groups in total. The van der Waals surface area contributed by atoms with Crippen LogP contribution < -0.4 is 4.90 Å². The Balaban J connectivity index is 1.35. The Morgan fingerprint density at radius 1 is 0.943 bits per heavy atom. The fourth-order valence-corrected chi connectivity index (χ4v) is 4.35. The Bertz CT molecular complexity index is 1380. The number of alkyl halides is 3. The molecule has 0 atom stereocenters. The van der Waals surface area contributed by atoms with E-state index in [1.807, 2.05) is 0 Å². The molecule has 0 bridgehead atoms. The minimum Gasteiger partial charge on any atom is -0.463 e. The largest absolute Gasteiger partial charge is 0.463 e. The molecule has 0 radical (unpaired) electrons. The van der Waals surface area contributed by atoms with Gasteiger partial charge in [0.25, 0.3) is 5.91 Å². The van der Waals surface area contributed by atoms with E-state index in [2.05, 4.69) is 0 Å². The maximum atomic E-state index is 14.3. The zero-order chi connectivity index (χ0) is 24.7. The topological polar surface area (TPSA) is 41.6 Å². The maximum absolute atomic E-state index is 14.3. The SMILES string of the molecule is O=C(c1cc2occc2n1Cc1ccc(F)cc1F)N1CCN(c2cccc(C(F)(F)F)c2)CC1. The predicted octanol–water partition coefficient (Wildman–Crippen LogP) is 5.54. The molecule has 0 spiro atoms. The number of nitrogens with zero attached hydrogens (tertiary/aromatic N) is 3. The number of benzene rings is 2. The van der Waals surface area contributed by atoms with Crippen molar-refractivity contribution in [1.29, 1.82) is 0 Å². The van der Waals surface area contributed by atoms with Crippen LogP contribution in [0.5, 0.6) is 0 Å². The van der Waals surface area contributed by atoms with Gasteiger partial charge in [0, 0.05) is 55.6 Å². The number of carbonyl (C=O) groups is 1. The lowest BCUT2D eigenvalue weighted by Crippen LogP contribution is -2.49. The first-order chi connectivity index (χ1) is 16.7. The third-order valence-corrected chi connectivity index (χ3v) is 6.19. The number of halogens is 5. The monoisotopic (exact) mass is 489 g/mol. The number of fused-ring (bicyclic) bond motifs is 1. The molecule has 1 amide bonds. The summed E-state index contributed by atoms with van der Waals surface area (Å²) in [4.78, 5) is 16.8. The minimum atomic E-state index is -4.43. The zero-order valence-electron chi connectivity index (χ0n) is 18.4. The third-order valence-electron chi connectivity index (χ3n) is 6.19. The van der Waals surface area contributed by atoms with E-state index in [0.29, 0.717) is 43.0 Å². The molecule has 35 heavy (non-hydrogen) atoms. The van der Waals surface area contributed by atoms with Crippen LogP contribution in [0.4, 0.5) is 27.6 Å². The number of amides is 1. The highest BCUT2D eigenvalue weighted by atomic mass is 19.4. The Morgan fingerprint density at radius 2 is 1.71 bits per heavy atom. The van der Waals surface area contributed by atoms with Crippen LogP contribution in [0.3, 0.4) is 0 Å². The van der Waals surface area contributed by atoms with Gasteiger partial charge in [-0.05, 0) is 24.3 Å². The average Bonchev–Trinajstić information content (AvgIpc) is 3.42. The number of aromatic nitrogens is 1. The van der Waals surface area contributed by atoms with Crippen molar-refractivity contribution in [3.63, 3.8) is 0 Å². The molecule has 1 fully saturated rings. The Hall–Kier alpha value is -3.82. The highest BCUT2D eigenvalue weighted by molar-refractivity contribution is 5.97. The second kappa shape index (κ2) is 8.75. The molecule has 0 saturated carbocycles. The van der Waals surface area contributed by atoms with Crippen molar-refractivity contribution in [2.75, 3.05) is 31.1 Å². The number of carbonyl (C=O) groups excluding carboxylic acids is 1. The molecule has 1 aliphatic rings. The molecule has 1 saturated heterocycles. The van der Waals surface area contributed by atoms with Crippen LogP contribution >= 0.6 is 0 Å². The van der Waals surface area contributed by atoms with Gasteiger partial charge in [-0.1, -0.05) is 12.1 Å². The molecule has 0 unspecified atom stereocenters. The lowest BCUT2D eigenvalue weighted by molar-refractivity contribution is -0.137. The van der Waals surface area contributed by atoms with Crippen molar-refractivity contribution in [2.45, 2.75) is 12.7 Å². The van der Waals surface area contributed by atoms with Crippen LogP contribution in [0.1, 0.15) is 21.6 Å². The fourth-order valence-electron chi connectivity index (χ4n) is 4.35. The van der Waals surface area contributed by atoms with E-state index in [1.54, 1.807) is 32.6 Å². The minimum absolute atomic E-state index is 0.000416. The van der Waals surface area contributed by atoms with Gasteiger partial charge in [0.15, 0.2) is 5.58 Å². The normalized spacial score (nSPS) is 14.7. The summed E-state index contributed by atoms with van der Waals surface area (Å²) in [5.41, 5.74) is 1.28. The molecule has 10 heteroatoms. The average molecular weight is 489 g/mol. The molecular formula is C25H20F5N3O2. The van der Waals surface area contributed by atoms with E-state index >= 15 is 0 Å². The van der Waals surface area contributed by atoms with Crippen molar-refractivity contribution in [3.8, 4) is 0 Å². The summed E-state index contributed by atoms with van der Waals surface area (Å²) in [7, 11) is 0. The van der Waals surface area contributed by atoms with E-state index in [-0.39, 0.29) is 23.7 Å². The van der Waals surface area contributed by atoms with Crippen molar-refractivity contribution >= 4 is 22.7 Å². The van der Waals surface area contributed by atoms with Gasteiger partial charge in [0.2, 0.25) is 0 Å². The number of rotatable bonds is 4. The molecule has 5 rings (SSSR count). The summed E-state index contributed by atoms with van der Waals surface area (Å²) < 4.78 is 73.9. The number of hydrogen-bond acceptors (Lipinski definition) is 3. The van der Waals surface area contributed by atoms with Gasteiger partial charge >= 0.3 is 6.18 Å². The fraction of sp³-hybridized carbons (Fsp3) is 0.240. The lowest BCUT2D eigenvalue weighted by atomic mass is 10.1. The van der Waals surface area contributed by atoms with Crippen molar-refractivity contribution in [2.24, 2.45) is 0 Å². The Morgan fingerprint density at radius 3 is 2.43 bits per heavy atom. The predicted molar refractivity (Wildman–Crippen MR) is 119 cm³/mol. The van der Waals surface area contributed by atoms with Crippen LogP contribution in [-0.2, 0) is 12.7 Å². The van der Waals surface area contributed by atoms with E-state index in [4.69, 9.17) is 4.42 Å². The summed E-state index contributed by atoms with van der Waals surface area (Å²) in [6.07, 6.45) is -2.97. The molecule has 3 heterocycles. The standard InChI is InChI=1S/C25H20F5N3O2/c26-18-5-4-16(20(27)13-18)15-33-21-6-11-35-23(21)14-22(33)24(34)32-9-7-31(8-10-32)19-3-1-2-17(12-19)25(28,29)30/h1-6,11-14H,7-10,15H2. The number of anilines is 1. The quantitative estimate of drug-likeness (QED) is 0.354. The van der Waals surface area contributed by atoms with E-state index in [9.17, 15) is 26.7 Å². The first kappa shape index (κ1) is 22.9. The molecule has 4 aromatic rings. The lowest BCUT2D eigenvalue weighted by Gasteiger charge is -2.36. The van der Waals surface area contributed by atoms with E-state index < -0.39 is 23.4 Å². The number of hydrogen-bond donors (Lipinski definition) is 0. The second-order valence-electron chi connectivity index (χ2n) is 8.35.